The highest BCUT2D eigenvalue weighted by Crippen LogP contribution is 2.17. The molecule has 0 aromatic heterocycles. The maximum Gasteiger partial charge on any atom is 0.0951 e. The van der Waals surface area contributed by atoms with E-state index in [4.69, 9.17) is 5.73 Å². The fraction of sp³-hybridized carbons (Fsp3) is 1.00. The summed E-state index contributed by atoms with van der Waals surface area (Å²) in [5.41, 5.74) is 6.74. The van der Waals surface area contributed by atoms with E-state index in [-0.39, 0.29) is 36.0 Å². The minimum absolute atomic E-state index is 0.0467. The summed E-state index contributed by atoms with van der Waals surface area (Å²) in [4.78, 5) is 7.44. The molecule has 104 valence electrons. The largest absolute Gasteiger partial charge is 0.338 e. The molecule has 0 spiro atoms. The van der Waals surface area contributed by atoms with E-state index in [1.807, 2.05) is 0 Å². The van der Waals surface area contributed by atoms with Crippen LogP contribution in [-0.2, 0) is 0 Å². The van der Waals surface area contributed by atoms with Gasteiger partial charge in [-0.3, -0.25) is 0 Å². The van der Waals surface area contributed by atoms with Crippen molar-refractivity contribution in [3.63, 3.8) is 0 Å². The molecule has 0 aromatic carbocycles. The Morgan fingerprint density at radius 1 is 0.765 bits per heavy atom. The second kappa shape index (κ2) is 5.97. The number of nitrogens with one attached hydrogen (secondary N) is 2. The van der Waals surface area contributed by atoms with Gasteiger partial charge >= 0.3 is 0 Å². The summed E-state index contributed by atoms with van der Waals surface area (Å²) in [6.45, 7) is 17.8. The van der Waals surface area contributed by atoms with E-state index < -0.39 is 0 Å². The average molecular weight is 276 g/mol. The van der Waals surface area contributed by atoms with Crippen LogP contribution in [0.4, 0.5) is 0 Å². The molecule has 0 radical (unpaired) electrons. The van der Waals surface area contributed by atoms with E-state index in [1.165, 1.54) is 0 Å². The molecule has 0 aromatic rings. The van der Waals surface area contributed by atoms with Crippen molar-refractivity contribution < 1.29 is 0 Å². The van der Waals surface area contributed by atoms with E-state index in [1.54, 1.807) is 0 Å². The van der Waals surface area contributed by atoms with Crippen LogP contribution in [0.15, 0.2) is 0 Å². The van der Waals surface area contributed by atoms with Gasteiger partial charge in [0.15, 0.2) is 0 Å². The monoisotopic (exact) mass is 275 g/mol. The molecule has 0 fully saturated rings. The highest BCUT2D eigenvalue weighted by atomic mass is 28.3. The SMILES string of the molecule is CC(C)(C)N[SiH2]C([SiH2]NC(C)(C)C)C(C)(C)N. The summed E-state index contributed by atoms with van der Waals surface area (Å²) in [6.07, 6.45) is 0. The number of hydrogen-bond donors (Lipinski definition) is 3. The van der Waals surface area contributed by atoms with Crippen LogP contribution >= 0.6 is 0 Å². The zero-order valence-corrected chi connectivity index (χ0v) is 15.9. The van der Waals surface area contributed by atoms with Gasteiger partial charge < -0.3 is 15.7 Å². The Bertz CT molecular complexity index is 205. The predicted octanol–water partition coefficient (Wildman–Crippen LogP) is 0.414. The lowest BCUT2D eigenvalue weighted by Crippen LogP contribution is -2.54. The van der Waals surface area contributed by atoms with Crippen LogP contribution in [0.2, 0.25) is 5.16 Å². The Morgan fingerprint density at radius 2 is 1.06 bits per heavy atom. The Balaban J connectivity index is 4.37. The maximum absolute atomic E-state index is 6.33. The van der Waals surface area contributed by atoms with Crippen molar-refractivity contribution in [1.82, 2.24) is 9.96 Å². The Kier molecular flexibility index (Phi) is 6.08. The lowest BCUT2D eigenvalue weighted by molar-refractivity contribution is 0.487. The van der Waals surface area contributed by atoms with Gasteiger partial charge in [0.2, 0.25) is 0 Å². The van der Waals surface area contributed by atoms with E-state index in [9.17, 15) is 0 Å². The first-order chi connectivity index (χ1) is 7.31. The molecule has 0 bridgehead atoms. The van der Waals surface area contributed by atoms with Gasteiger partial charge in [-0.15, -0.1) is 0 Å². The lowest BCUT2D eigenvalue weighted by atomic mass is 10.1. The third kappa shape index (κ3) is 9.97. The van der Waals surface area contributed by atoms with Crippen LogP contribution in [0, 0.1) is 0 Å². The molecule has 0 aliphatic heterocycles. The second-order valence-electron chi connectivity index (χ2n) is 7.78. The molecule has 0 rings (SSSR count). The normalized spacial score (nSPS) is 17.5. The van der Waals surface area contributed by atoms with Gasteiger partial charge in [-0.2, -0.15) is 0 Å². The van der Waals surface area contributed by atoms with Gasteiger partial charge in [0.1, 0.15) is 0 Å². The lowest BCUT2D eigenvalue weighted by Gasteiger charge is -2.35. The zero-order valence-electron chi connectivity index (χ0n) is 13.1. The van der Waals surface area contributed by atoms with E-state index >= 15 is 0 Å². The van der Waals surface area contributed by atoms with Crippen molar-refractivity contribution >= 4 is 19.4 Å². The molecule has 0 aliphatic carbocycles. The van der Waals surface area contributed by atoms with Gasteiger partial charge in [-0.25, -0.2) is 0 Å². The van der Waals surface area contributed by atoms with Gasteiger partial charge in [-0.1, -0.05) is 0 Å². The molecular weight excluding hydrogens is 242 g/mol. The van der Waals surface area contributed by atoms with Crippen LogP contribution in [-0.4, -0.2) is 36.0 Å². The van der Waals surface area contributed by atoms with E-state index in [0.717, 1.165) is 0 Å². The van der Waals surface area contributed by atoms with Crippen LogP contribution < -0.4 is 15.7 Å². The van der Waals surface area contributed by atoms with Crippen molar-refractivity contribution in [3.05, 3.63) is 0 Å². The molecule has 0 unspecified atom stereocenters. The van der Waals surface area contributed by atoms with Gasteiger partial charge in [0.05, 0.1) is 19.4 Å². The number of rotatable bonds is 5. The fourth-order valence-electron chi connectivity index (χ4n) is 1.46. The Morgan fingerprint density at radius 3 is 1.24 bits per heavy atom. The minimum Gasteiger partial charge on any atom is -0.338 e. The second-order valence-corrected chi connectivity index (χ2v) is 12.4. The molecule has 0 heterocycles. The van der Waals surface area contributed by atoms with E-state index in [2.05, 4.69) is 65.4 Å². The molecule has 0 atom stereocenters. The van der Waals surface area contributed by atoms with Gasteiger partial charge in [0, 0.05) is 16.6 Å². The van der Waals surface area contributed by atoms with Crippen LogP contribution in [0.5, 0.6) is 0 Å². The number of hydrogen-bond acceptors (Lipinski definition) is 3. The first-order valence-corrected chi connectivity index (χ1v) is 9.65. The van der Waals surface area contributed by atoms with Crippen LogP contribution in [0.3, 0.4) is 0 Å². The zero-order chi connectivity index (χ0) is 13.9. The first-order valence-electron chi connectivity index (χ1n) is 6.60. The van der Waals surface area contributed by atoms with E-state index in [0.29, 0.717) is 5.16 Å². The highest BCUT2D eigenvalue weighted by Gasteiger charge is 2.28. The average Bonchev–Trinajstić information content (AvgIpc) is 1.96. The summed E-state index contributed by atoms with van der Waals surface area (Å²) >= 11 is 0. The molecule has 0 aliphatic rings. The molecule has 0 saturated heterocycles. The molecule has 17 heavy (non-hydrogen) atoms. The van der Waals surface area contributed by atoms with Crippen LogP contribution in [0.1, 0.15) is 55.4 Å². The minimum atomic E-state index is -0.328. The molecule has 0 amide bonds. The van der Waals surface area contributed by atoms with Crippen molar-refractivity contribution in [2.24, 2.45) is 5.73 Å². The van der Waals surface area contributed by atoms with Crippen molar-refractivity contribution in [1.29, 1.82) is 0 Å². The summed E-state index contributed by atoms with van der Waals surface area (Å²) in [5, 5.41) is 0.695. The Labute approximate surface area is 113 Å². The van der Waals surface area contributed by atoms with Crippen molar-refractivity contribution in [2.45, 2.75) is 77.2 Å². The number of nitrogens with two attached hydrogens (primary N) is 1. The van der Waals surface area contributed by atoms with Gasteiger partial charge in [0.25, 0.3) is 0 Å². The highest BCUT2D eigenvalue weighted by molar-refractivity contribution is 6.57. The maximum atomic E-state index is 6.33. The summed E-state index contributed by atoms with van der Waals surface area (Å²) in [7, 11) is -0.656. The third-order valence-electron chi connectivity index (χ3n) is 2.81. The molecule has 4 N–H and O–H groups in total. The summed E-state index contributed by atoms with van der Waals surface area (Å²) < 4.78 is 0. The smallest absolute Gasteiger partial charge is 0.0951 e. The summed E-state index contributed by atoms with van der Waals surface area (Å²) in [5.74, 6) is 0. The van der Waals surface area contributed by atoms with Crippen molar-refractivity contribution in [2.75, 3.05) is 0 Å². The van der Waals surface area contributed by atoms with Crippen LogP contribution in [0.25, 0.3) is 0 Å². The predicted molar refractivity (Wildman–Crippen MR) is 84.9 cm³/mol. The molecule has 0 saturated carbocycles. The molecular formula is C12H33N3Si2. The molecule has 3 nitrogen and oxygen atoms in total. The summed E-state index contributed by atoms with van der Waals surface area (Å²) in [6, 6.07) is 0. The van der Waals surface area contributed by atoms with Crippen molar-refractivity contribution in [3.8, 4) is 0 Å². The fourth-order valence-corrected chi connectivity index (χ4v) is 5.67. The van der Waals surface area contributed by atoms with Gasteiger partial charge in [-0.05, 0) is 60.6 Å². The topological polar surface area (TPSA) is 50.1 Å². The standard InChI is InChI=1S/C12H33N3Si2/c1-10(2,3)14-16-9(12(7,8)13)17-15-11(4,5)6/h9,14-15H,13,16-17H2,1-8H3. The third-order valence-corrected chi connectivity index (χ3v) is 10.2. The first kappa shape index (κ1) is 17.3. The quantitative estimate of drug-likeness (QED) is 0.637. The Hall–Kier alpha value is 0.314. The molecule has 5 heteroatoms.